The third-order valence-electron chi connectivity index (χ3n) is 5.52. The van der Waals surface area contributed by atoms with Crippen molar-refractivity contribution < 1.29 is 18.0 Å². The molecule has 8 heteroatoms. The van der Waals surface area contributed by atoms with Crippen LogP contribution in [0.5, 0.6) is 0 Å². The molecule has 1 unspecified atom stereocenters. The van der Waals surface area contributed by atoms with Crippen LogP contribution in [-0.4, -0.2) is 38.2 Å². The Morgan fingerprint density at radius 1 is 0.967 bits per heavy atom. The Bertz CT molecular complexity index is 1120. The smallest absolute Gasteiger partial charge is 0.282 e. The van der Waals surface area contributed by atoms with Gasteiger partial charge in [0.25, 0.3) is 11.8 Å². The maximum absolute atomic E-state index is 13.5. The van der Waals surface area contributed by atoms with Crippen LogP contribution in [0.4, 0.5) is 5.69 Å². The monoisotopic (exact) mass is 425 g/mol. The molecule has 2 aromatic rings. The normalized spacial score (nSPS) is 20.3. The van der Waals surface area contributed by atoms with Gasteiger partial charge < -0.3 is 4.90 Å². The molecule has 156 valence electrons. The minimum absolute atomic E-state index is 0.0772. The minimum atomic E-state index is -3.86. The van der Waals surface area contributed by atoms with E-state index in [0.29, 0.717) is 41.5 Å². The number of amides is 2. The molecule has 0 bridgehead atoms. The zero-order valence-corrected chi connectivity index (χ0v) is 17.4. The zero-order chi connectivity index (χ0) is 21.5. The van der Waals surface area contributed by atoms with Gasteiger partial charge in [0.15, 0.2) is 0 Å². The number of benzene rings is 2. The van der Waals surface area contributed by atoms with Crippen molar-refractivity contribution in [3.63, 3.8) is 0 Å². The lowest BCUT2D eigenvalue weighted by atomic mass is 9.98. The van der Waals surface area contributed by atoms with Gasteiger partial charge in [-0.3, -0.25) is 9.59 Å². The number of carbonyl (C=O) groups excluding carboxylic acids is 2. The summed E-state index contributed by atoms with van der Waals surface area (Å²) in [6, 6.07) is 14.6. The average molecular weight is 426 g/mol. The highest BCUT2D eigenvalue weighted by Gasteiger charge is 2.43. The SMILES string of the molecule is CC1CCCN(C2=C(c3ccccc3)C(=O)N(c3ccc(S(N)(=O)=O)cc3)C2=O)C1. The van der Waals surface area contributed by atoms with Crippen molar-refractivity contribution in [2.45, 2.75) is 24.7 Å². The number of hydrogen-bond donors (Lipinski definition) is 1. The average Bonchev–Trinajstić information content (AvgIpc) is 2.98. The molecule has 2 N–H and O–H groups in total. The Morgan fingerprint density at radius 3 is 2.23 bits per heavy atom. The van der Waals surface area contributed by atoms with Crippen molar-refractivity contribution >= 4 is 33.1 Å². The second kappa shape index (κ2) is 7.70. The predicted octanol–water partition coefficient (Wildman–Crippen LogP) is 2.35. The van der Waals surface area contributed by atoms with Gasteiger partial charge in [-0.05, 0) is 48.6 Å². The van der Waals surface area contributed by atoms with E-state index in [0.717, 1.165) is 17.7 Å². The van der Waals surface area contributed by atoms with Crippen molar-refractivity contribution in [1.82, 2.24) is 4.90 Å². The molecule has 7 nitrogen and oxygen atoms in total. The van der Waals surface area contributed by atoms with Crippen LogP contribution in [0.15, 0.2) is 65.2 Å². The van der Waals surface area contributed by atoms with E-state index < -0.39 is 21.8 Å². The molecule has 0 radical (unpaired) electrons. The number of rotatable bonds is 4. The van der Waals surface area contributed by atoms with E-state index in [1.165, 1.54) is 24.3 Å². The Balaban J connectivity index is 1.78. The van der Waals surface area contributed by atoms with Gasteiger partial charge in [0, 0.05) is 13.1 Å². The van der Waals surface area contributed by atoms with Crippen molar-refractivity contribution in [2.75, 3.05) is 18.0 Å². The van der Waals surface area contributed by atoms with Gasteiger partial charge >= 0.3 is 0 Å². The summed E-state index contributed by atoms with van der Waals surface area (Å²) in [6.07, 6.45) is 2.04. The molecule has 4 rings (SSSR count). The summed E-state index contributed by atoms with van der Waals surface area (Å²) in [5, 5.41) is 5.16. The first-order valence-electron chi connectivity index (χ1n) is 9.83. The summed E-state index contributed by atoms with van der Waals surface area (Å²) in [7, 11) is -3.86. The van der Waals surface area contributed by atoms with E-state index >= 15 is 0 Å². The number of carbonyl (C=O) groups is 2. The number of anilines is 1. The maximum Gasteiger partial charge on any atom is 0.282 e. The molecule has 1 saturated heterocycles. The molecule has 2 amide bonds. The van der Waals surface area contributed by atoms with E-state index in [1.807, 2.05) is 35.2 Å². The van der Waals surface area contributed by atoms with Gasteiger partial charge in [-0.25, -0.2) is 18.5 Å². The number of piperidine rings is 1. The van der Waals surface area contributed by atoms with E-state index in [-0.39, 0.29) is 4.90 Å². The van der Waals surface area contributed by atoms with Gasteiger partial charge in [0.1, 0.15) is 5.70 Å². The van der Waals surface area contributed by atoms with E-state index in [1.54, 1.807) is 0 Å². The molecule has 2 aliphatic rings. The van der Waals surface area contributed by atoms with Crippen LogP contribution in [0.3, 0.4) is 0 Å². The molecule has 2 heterocycles. The Hall–Kier alpha value is -2.97. The highest BCUT2D eigenvalue weighted by Crippen LogP contribution is 2.36. The molecule has 30 heavy (non-hydrogen) atoms. The Kier molecular flexibility index (Phi) is 5.21. The lowest BCUT2D eigenvalue weighted by molar-refractivity contribution is -0.120. The van der Waals surface area contributed by atoms with Crippen molar-refractivity contribution in [3.8, 4) is 0 Å². The third-order valence-corrected chi connectivity index (χ3v) is 6.45. The van der Waals surface area contributed by atoms with Crippen LogP contribution in [-0.2, 0) is 19.6 Å². The summed E-state index contributed by atoms with van der Waals surface area (Å²) in [4.78, 5) is 29.9. The fourth-order valence-corrected chi connectivity index (χ4v) is 4.60. The number of nitrogens with two attached hydrogens (primary N) is 1. The largest absolute Gasteiger partial charge is 0.366 e. The minimum Gasteiger partial charge on any atom is -0.366 e. The number of primary sulfonamides is 1. The summed E-state index contributed by atoms with van der Waals surface area (Å²) < 4.78 is 23.1. The van der Waals surface area contributed by atoms with E-state index in [4.69, 9.17) is 5.14 Å². The first-order valence-corrected chi connectivity index (χ1v) is 11.4. The molecule has 0 aromatic heterocycles. The number of nitrogens with zero attached hydrogens (tertiary/aromatic N) is 2. The standard InChI is InChI=1S/C22H23N3O4S/c1-15-6-5-13-24(14-15)20-19(16-7-3-2-4-8-16)21(26)25(22(20)27)17-9-11-18(12-10-17)30(23,28)29/h2-4,7-12,15H,5-6,13-14H2,1H3,(H2,23,28,29). The first kappa shape index (κ1) is 20.3. The second-order valence-electron chi connectivity index (χ2n) is 7.77. The van der Waals surface area contributed by atoms with Crippen LogP contribution in [0.1, 0.15) is 25.3 Å². The molecule has 0 aliphatic carbocycles. The number of sulfonamides is 1. The summed E-state index contributed by atoms with van der Waals surface area (Å²) >= 11 is 0. The lowest BCUT2D eigenvalue weighted by Gasteiger charge is -2.33. The predicted molar refractivity (Wildman–Crippen MR) is 114 cm³/mol. The van der Waals surface area contributed by atoms with Crippen molar-refractivity contribution in [3.05, 3.63) is 65.9 Å². The molecule has 2 aromatic carbocycles. The number of likely N-dealkylation sites (tertiary alicyclic amines) is 1. The molecule has 2 aliphatic heterocycles. The maximum atomic E-state index is 13.5. The van der Waals surface area contributed by atoms with Crippen LogP contribution in [0, 0.1) is 5.92 Å². The topological polar surface area (TPSA) is 101 Å². The van der Waals surface area contributed by atoms with E-state index in [2.05, 4.69) is 6.92 Å². The molecule has 0 spiro atoms. The molecular weight excluding hydrogens is 402 g/mol. The van der Waals surface area contributed by atoms with Crippen molar-refractivity contribution in [2.24, 2.45) is 11.1 Å². The van der Waals surface area contributed by atoms with Gasteiger partial charge in [0.05, 0.1) is 16.2 Å². The van der Waals surface area contributed by atoms with Crippen LogP contribution < -0.4 is 10.0 Å². The van der Waals surface area contributed by atoms with Crippen LogP contribution in [0.2, 0.25) is 0 Å². The highest BCUT2D eigenvalue weighted by molar-refractivity contribution is 7.89. The summed E-state index contributed by atoms with van der Waals surface area (Å²) in [6.45, 7) is 3.57. The van der Waals surface area contributed by atoms with Crippen LogP contribution in [0.25, 0.3) is 5.57 Å². The van der Waals surface area contributed by atoms with Crippen LogP contribution >= 0.6 is 0 Å². The van der Waals surface area contributed by atoms with Gasteiger partial charge in [-0.15, -0.1) is 0 Å². The Morgan fingerprint density at radius 2 is 1.63 bits per heavy atom. The first-order chi connectivity index (χ1) is 14.3. The molecule has 0 saturated carbocycles. The lowest BCUT2D eigenvalue weighted by Crippen LogP contribution is -2.39. The van der Waals surface area contributed by atoms with Gasteiger partial charge in [0.2, 0.25) is 10.0 Å². The fraction of sp³-hybridized carbons (Fsp3) is 0.273. The molecule has 1 fully saturated rings. The number of hydrogen-bond acceptors (Lipinski definition) is 5. The molecular formula is C22H23N3O4S. The van der Waals surface area contributed by atoms with Gasteiger partial charge in [-0.1, -0.05) is 37.3 Å². The van der Waals surface area contributed by atoms with Crippen molar-refractivity contribution in [1.29, 1.82) is 0 Å². The second-order valence-corrected chi connectivity index (χ2v) is 9.33. The highest BCUT2D eigenvalue weighted by atomic mass is 32.2. The molecule has 1 atom stereocenters. The zero-order valence-electron chi connectivity index (χ0n) is 16.6. The van der Waals surface area contributed by atoms with Gasteiger partial charge in [-0.2, -0.15) is 0 Å². The summed E-state index contributed by atoms with van der Waals surface area (Å²) in [5.74, 6) is -0.381. The summed E-state index contributed by atoms with van der Waals surface area (Å²) in [5.41, 5.74) is 1.79. The third kappa shape index (κ3) is 3.64. The number of imide groups is 1. The quantitative estimate of drug-likeness (QED) is 0.758. The Labute approximate surface area is 175 Å². The fourth-order valence-electron chi connectivity index (χ4n) is 4.09. The van der Waals surface area contributed by atoms with E-state index in [9.17, 15) is 18.0 Å².